The third-order valence-electron chi connectivity index (χ3n) is 5.68. The highest BCUT2D eigenvalue weighted by Gasteiger charge is 2.16. The Morgan fingerprint density at radius 1 is 0.838 bits per heavy atom. The van der Waals surface area contributed by atoms with Crippen molar-refractivity contribution in [2.24, 2.45) is 0 Å². The lowest BCUT2D eigenvalue weighted by Gasteiger charge is -2.11. The second-order valence-corrected chi connectivity index (χ2v) is 9.63. The predicted molar refractivity (Wildman–Crippen MR) is 145 cm³/mol. The van der Waals surface area contributed by atoms with Gasteiger partial charge in [-0.25, -0.2) is 4.98 Å². The molecule has 37 heavy (non-hydrogen) atoms. The van der Waals surface area contributed by atoms with Gasteiger partial charge in [0, 0.05) is 23.3 Å². The molecule has 7 heteroatoms. The number of carbonyl (C=O) groups is 1. The standard InChI is InChI=1S/C30H20N4O2S/c1-18-11-19(2)13-24(12-18)36-25-14-26(33-29(35)22-7-3-20(16-31)4-8-22)28-27(15-25)37-30(34-28)23-9-5-21(17-32)6-10-23/h3-15H,1-2H3,(H,33,35). The Hall–Kier alpha value is -4.98. The number of aryl methyl sites for hydroxylation is 2. The SMILES string of the molecule is Cc1cc(C)cc(Oc2cc(NC(=O)c3ccc(C#N)cc3)c3nc(-c4ccc(C#N)cc4)sc3c2)c1. The van der Waals surface area contributed by atoms with E-state index in [1.807, 2.05) is 44.2 Å². The minimum atomic E-state index is -0.317. The van der Waals surface area contributed by atoms with Crippen LogP contribution in [0.2, 0.25) is 0 Å². The molecule has 5 aromatic rings. The molecule has 0 spiro atoms. The number of hydrogen-bond donors (Lipinski definition) is 1. The van der Waals surface area contributed by atoms with Crippen LogP contribution in [0.3, 0.4) is 0 Å². The molecule has 5 rings (SSSR count). The molecule has 6 nitrogen and oxygen atoms in total. The molecule has 0 aliphatic rings. The number of nitrogens with zero attached hydrogens (tertiary/aromatic N) is 3. The minimum absolute atomic E-state index is 0.317. The van der Waals surface area contributed by atoms with Crippen LogP contribution in [-0.4, -0.2) is 10.9 Å². The number of nitrogens with one attached hydrogen (secondary N) is 1. The van der Waals surface area contributed by atoms with Gasteiger partial charge in [0.1, 0.15) is 22.0 Å². The maximum Gasteiger partial charge on any atom is 0.255 e. The van der Waals surface area contributed by atoms with Gasteiger partial charge >= 0.3 is 0 Å². The van der Waals surface area contributed by atoms with Crippen LogP contribution in [0.25, 0.3) is 20.8 Å². The number of nitriles is 2. The van der Waals surface area contributed by atoms with Crippen LogP contribution in [0, 0.1) is 36.5 Å². The molecule has 0 radical (unpaired) electrons. The molecule has 0 saturated carbocycles. The van der Waals surface area contributed by atoms with Gasteiger partial charge in [-0.05, 0) is 73.5 Å². The second kappa shape index (κ2) is 9.94. The summed E-state index contributed by atoms with van der Waals surface area (Å²) in [6, 6.07) is 27.5. The van der Waals surface area contributed by atoms with Crippen LogP contribution in [0.4, 0.5) is 5.69 Å². The number of thiazole rings is 1. The van der Waals surface area contributed by atoms with Crippen LogP contribution in [0.15, 0.2) is 78.9 Å². The fraction of sp³-hybridized carbons (Fsp3) is 0.0667. The molecule has 0 fully saturated rings. The lowest BCUT2D eigenvalue weighted by molar-refractivity contribution is 0.102. The van der Waals surface area contributed by atoms with Crippen molar-refractivity contribution in [3.8, 4) is 34.2 Å². The van der Waals surface area contributed by atoms with Gasteiger partial charge in [0.05, 0.1) is 33.7 Å². The Morgan fingerprint density at radius 3 is 2.05 bits per heavy atom. The van der Waals surface area contributed by atoms with Crippen LogP contribution in [0.5, 0.6) is 11.5 Å². The van der Waals surface area contributed by atoms with Crippen molar-refractivity contribution in [2.75, 3.05) is 5.32 Å². The number of carbonyl (C=O) groups excluding carboxylic acids is 1. The van der Waals surface area contributed by atoms with Crippen LogP contribution >= 0.6 is 11.3 Å². The van der Waals surface area contributed by atoms with Gasteiger partial charge in [-0.1, -0.05) is 18.2 Å². The number of rotatable bonds is 5. The molecule has 0 atom stereocenters. The molecule has 0 unspecified atom stereocenters. The zero-order valence-corrected chi connectivity index (χ0v) is 20.9. The van der Waals surface area contributed by atoms with E-state index >= 15 is 0 Å². The van der Waals surface area contributed by atoms with Crippen molar-refractivity contribution < 1.29 is 9.53 Å². The summed E-state index contributed by atoms with van der Waals surface area (Å²) < 4.78 is 7.05. The number of ether oxygens (including phenoxy) is 1. The fourth-order valence-electron chi connectivity index (χ4n) is 3.99. The Bertz CT molecular complexity index is 1700. The summed E-state index contributed by atoms with van der Waals surface area (Å²) in [5.41, 5.74) is 5.69. The summed E-state index contributed by atoms with van der Waals surface area (Å²) >= 11 is 1.48. The van der Waals surface area contributed by atoms with Crippen molar-refractivity contribution in [1.82, 2.24) is 4.98 Å². The van der Waals surface area contributed by atoms with Crippen LogP contribution < -0.4 is 10.1 Å². The number of benzene rings is 4. The van der Waals surface area contributed by atoms with Gasteiger partial charge in [-0.3, -0.25) is 4.79 Å². The number of aromatic nitrogens is 1. The Labute approximate surface area is 218 Å². The highest BCUT2D eigenvalue weighted by atomic mass is 32.1. The molecule has 0 aliphatic heterocycles. The van der Waals surface area contributed by atoms with Crippen LogP contribution in [0.1, 0.15) is 32.6 Å². The van der Waals surface area contributed by atoms with E-state index in [1.54, 1.807) is 42.5 Å². The van der Waals surface area contributed by atoms with E-state index < -0.39 is 0 Å². The largest absolute Gasteiger partial charge is 0.457 e. The number of fused-ring (bicyclic) bond motifs is 1. The summed E-state index contributed by atoms with van der Waals surface area (Å²) in [7, 11) is 0. The summed E-state index contributed by atoms with van der Waals surface area (Å²) in [6.45, 7) is 4.03. The van der Waals surface area contributed by atoms with E-state index in [0.717, 1.165) is 26.4 Å². The number of anilines is 1. The van der Waals surface area contributed by atoms with E-state index in [-0.39, 0.29) is 5.91 Å². The first-order valence-electron chi connectivity index (χ1n) is 11.4. The Balaban J connectivity index is 1.56. The third-order valence-corrected chi connectivity index (χ3v) is 6.74. The van der Waals surface area contributed by atoms with Gasteiger partial charge in [0.2, 0.25) is 0 Å². The molecule has 1 N–H and O–H groups in total. The number of hydrogen-bond acceptors (Lipinski definition) is 6. The zero-order valence-electron chi connectivity index (χ0n) is 20.1. The number of amides is 1. The Morgan fingerprint density at radius 2 is 1.43 bits per heavy atom. The van der Waals surface area contributed by atoms with Crippen molar-refractivity contribution >= 4 is 33.1 Å². The lowest BCUT2D eigenvalue weighted by Crippen LogP contribution is -2.12. The second-order valence-electron chi connectivity index (χ2n) is 8.59. The first-order chi connectivity index (χ1) is 17.9. The van der Waals surface area contributed by atoms with Gasteiger partial charge in [0.25, 0.3) is 5.91 Å². The molecule has 0 bridgehead atoms. The van der Waals surface area contributed by atoms with Crippen molar-refractivity contribution in [2.45, 2.75) is 13.8 Å². The van der Waals surface area contributed by atoms with Gasteiger partial charge < -0.3 is 10.1 Å². The molecule has 4 aromatic carbocycles. The summed E-state index contributed by atoms with van der Waals surface area (Å²) in [5, 5.41) is 21.9. The van der Waals surface area contributed by atoms with Crippen molar-refractivity contribution in [1.29, 1.82) is 10.5 Å². The highest BCUT2D eigenvalue weighted by molar-refractivity contribution is 7.21. The average Bonchev–Trinajstić information content (AvgIpc) is 3.33. The third kappa shape index (κ3) is 5.18. The smallest absolute Gasteiger partial charge is 0.255 e. The first-order valence-corrected chi connectivity index (χ1v) is 12.3. The van der Waals surface area contributed by atoms with E-state index in [0.29, 0.717) is 39.4 Å². The molecule has 178 valence electrons. The maximum atomic E-state index is 13.1. The zero-order chi connectivity index (χ0) is 25.9. The highest BCUT2D eigenvalue weighted by Crippen LogP contribution is 2.38. The molecule has 0 aliphatic carbocycles. The van der Waals surface area contributed by atoms with Crippen LogP contribution in [-0.2, 0) is 0 Å². The summed E-state index contributed by atoms with van der Waals surface area (Å²) in [4.78, 5) is 17.9. The quantitative estimate of drug-likeness (QED) is 0.272. The van der Waals surface area contributed by atoms with E-state index in [9.17, 15) is 4.79 Å². The molecular weight excluding hydrogens is 480 g/mol. The molecule has 1 amide bonds. The Kier molecular flexibility index (Phi) is 6.38. The first kappa shape index (κ1) is 23.7. The lowest BCUT2D eigenvalue weighted by atomic mass is 10.1. The normalized spacial score (nSPS) is 10.5. The summed E-state index contributed by atoms with van der Waals surface area (Å²) in [6.07, 6.45) is 0. The molecule has 1 aromatic heterocycles. The van der Waals surface area contributed by atoms with E-state index in [4.69, 9.17) is 20.2 Å². The topological polar surface area (TPSA) is 98.8 Å². The predicted octanol–water partition coefficient (Wildman–Crippen LogP) is 7.37. The molecule has 1 heterocycles. The fourth-order valence-corrected chi connectivity index (χ4v) is 5.01. The molecular formula is C30H20N4O2S. The monoisotopic (exact) mass is 500 g/mol. The van der Waals surface area contributed by atoms with E-state index in [1.165, 1.54) is 11.3 Å². The maximum absolute atomic E-state index is 13.1. The van der Waals surface area contributed by atoms with Gasteiger partial charge in [0.15, 0.2) is 0 Å². The van der Waals surface area contributed by atoms with Crippen molar-refractivity contribution in [3.63, 3.8) is 0 Å². The molecule has 0 saturated heterocycles. The van der Waals surface area contributed by atoms with Crippen molar-refractivity contribution in [3.05, 3.63) is 107 Å². The minimum Gasteiger partial charge on any atom is -0.457 e. The summed E-state index contributed by atoms with van der Waals surface area (Å²) in [5.74, 6) is 0.961. The van der Waals surface area contributed by atoms with Gasteiger partial charge in [-0.2, -0.15) is 10.5 Å². The van der Waals surface area contributed by atoms with E-state index in [2.05, 4.69) is 23.5 Å². The average molecular weight is 501 g/mol. The van der Waals surface area contributed by atoms with Gasteiger partial charge in [-0.15, -0.1) is 11.3 Å².